The number of para-hydroxylation sites is 1. The number of benzene rings is 1. The summed E-state index contributed by atoms with van der Waals surface area (Å²) in [6, 6.07) is 5.90. The summed E-state index contributed by atoms with van der Waals surface area (Å²) < 4.78 is 25.6. The van der Waals surface area contributed by atoms with Crippen LogP contribution in [0.15, 0.2) is 29.4 Å². The summed E-state index contributed by atoms with van der Waals surface area (Å²) in [7, 11) is -3.89. The average Bonchev–Trinajstić information content (AvgIpc) is 2.51. The van der Waals surface area contributed by atoms with Crippen molar-refractivity contribution in [2.24, 2.45) is 5.18 Å². The molecule has 0 spiro atoms. The van der Waals surface area contributed by atoms with Crippen LogP contribution in [0, 0.1) is 4.91 Å². The predicted molar refractivity (Wildman–Crippen MR) is 56.3 cm³/mol. The first kappa shape index (κ1) is 10.6. The lowest BCUT2D eigenvalue weighted by atomic mass is 10.2. The Hall–Kier alpha value is -1.96. The highest BCUT2D eigenvalue weighted by Gasteiger charge is 2.35. The standard InChI is InChI=1S/C8H7N3O4S/c12-8-5-11(16(14,15)10-8)7-4-2-1-3-6(7)9-13/h1-4H,5H2,(H,10,12). The third-order valence-electron chi connectivity index (χ3n) is 2.07. The molecule has 0 saturated carbocycles. The summed E-state index contributed by atoms with van der Waals surface area (Å²) >= 11 is 0. The van der Waals surface area contributed by atoms with Crippen molar-refractivity contribution in [3.8, 4) is 0 Å². The molecule has 1 N–H and O–H groups in total. The molecule has 16 heavy (non-hydrogen) atoms. The Morgan fingerprint density at radius 1 is 1.31 bits per heavy atom. The SMILES string of the molecule is O=Nc1ccccc1N1CC(=O)NS1(=O)=O. The molecule has 1 aromatic rings. The van der Waals surface area contributed by atoms with Crippen LogP contribution in [0.3, 0.4) is 0 Å². The van der Waals surface area contributed by atoms with Gasteiger partial charge in [-0.3, -0.25) is 4.79 Å². The normalized spacial score (nSPS) is 18.2. The minimum absolute atomic E-state index is 0.0254. The van der Waals surface area contributed by atoms with Crippen molar-refractivity contribution < 1.29 is 13.2 Å². The number of nitrogens with zero attached hydrogens (tertiary/aromatic N) is 2. The summed E-state index contributed by atoms with van der Waals surface area (Å²) in [5, 5.41) is 2.71. The fourth-order valence-corrected chi connectivity index (χ4v) is 2.58. The third-order valence-corrected chi connectivity index (χ3v) is 3.46. The second-order valence-electron chi connectivity index (χ2n) is 3.12. The van der Waals surface area contributed by atoms with Crippen LogP contribution in [-0.2, 0) is 15.0 Å². The first-order valence-electron chi connectivity index (χ1n) is 4.30. The molecule has 1 aliphatic rings. The van der Waals surface area contributed by atoms with E-state index in [2.05, 4.69) is 5.18 Å². The molecule has 1 saturated heterocycles. The lowest BCUT2D eigenvalue weighted by molar-refractivity contribution is -0.117. The molecule has 0 bridgehead atoms. The predicted octanol–water partition coefficient (Wildman–Crippen LogP) is 0.265. The van der Waals surface area contributed by atoms with Crippen LogP contribution >= 0.6 is 0 Å². The van der Waals surface area contributed by atoms with Crippen molar-refractivity contribution in [3.63, 3.8) is 0 Å². The van der Waals surface area contributed by atoms with Crippen LogP contribution in [0.1, 0.15) is 0 Å². The monoisotopic (exact) mass is 241 g/mol. The molecule has 1 heterocycles. The van der Waals surface area contributed by atoms with E-state index in [9.17, 15) is 18.1 Å². The van der Waals surface area contributed by atoms with Gasteiger partial charge in [-0.2, -0.15) is 8.42 Å². The van der Waals surface area contributed by atoms with Crippen molar-refractivity contribution in [3.05, 3.63) is 29.2 Å². The Morgan fingerprint density at radius 2 is 2.00 bits per heavy atom. The van der Waals surface area contributed by atoms with Gasteiger partial charge < -0.3 is 0 Å². The van der Waals surface area contributed by atoms with Crippen LogP contribution in [0.4, 0.5) is 11.4 Å². The number of nitroso groups, excluding NO2 is 1. The average molecular weight is 241 g/mol. The molecule has 0 aromatic heterocycles. The molecule has 0 atom stereocenters. The zero-order valence-corrected chi connectivity index (χ0v) is 8.77. The first-order valence-corrected chi connectivity index (χ1v) is 5.74. The maximum Gasteiger partial charge on any atom is 0.326 e. The number of anilines is 1. The molecule has 0 radical (unpaired) electrons. The largest absolute Gasteiger partial charge is 0.326 e. The first-order chi connectivity index (χ1) is 7.54. The van der Waals surface area contributed by atoms with E-state index in [-0.39, 0.29) is 17.9 Å². The van der Waals surface area contributed by atoms with Gasteiger partial charge in [0.1, 0.15) is 12.2 Å². The molecule has 2 rings (SSSR count). The van der Waals surface area contributed by atoms with E-state index in [0.29, 0.717) is 0 Å². The highest BCUT2D eigenvalue weighted by Crippen LogP contribution is 2.30. The van der Waals surface area contributed by atoms with Gasteiger partial charge in [0.25, 0.3) is 5.91 Å². The quantitative estimate of drug-likeness (QED) is 0.751. The van der Waals surface area contributed by atoms with E-state index in [1.165, 1.54) is 12.1 Å². The molecule has 0 aliphatic carbocycles. The smallest absolute Gasteiger partial charge is 0.272 e. The van der Waals surface area contributed by atoms with E-state index >= 15 is 0 Å². The van der Waals surface area contributed by atoms with E-state index in [1.807, 2.05) is 4.72 Å². The van der Waals surface area contributed by atoms with Crippen LogP contribution in [-0.4, -0.2) is 20.9 Å². The Bertz CT molecular complexity index is 554. The molecular formula is C8H7N3O4S. The fraction of sp³-hybridized carbons (Fsp3) is 0.125. The van der Waals surface area contributed by atoms with E-state index < -0.39 is 16.1 Å². The maximum absolute atomic E-state index is 11.5. The number of hydrogen-bond donors (Lipinski definition) is 1. The fourth-order valence-electron chi connectivity index (χ4n) is 1.41. The summed E-state index contributed by atoms with van der Waals surface area (Å²) in [4.78, 5) is 21.5. The van der Waals surface area contributed by atoms with Crippen molar-refractivity contribution in [1.29, 1.82) is 0 Å². The second-order valence-corrected chi connectivity index (χ2v) is 4.71. The van der Waals surface area contributed by atoms with Gasteiger partial charge in [-0.25, -0.2) is 9.03 Å². The lowest BCUT2D eigenvalue weighted by Crippen LogP contribution is -2.29. The maximum atomic E-state index is 11.5. The highest BCUT2D eigenvalue weighted by molar-refractivity contribution is 7.92. The molecule has 0 unspecified atom stereocenters. The summed E-state index contributed by atoms with van der Waals surface area (Å²) in [6.07, 6.45) is 0. The van der Waals surface area contributed by atoms with E-state index in [4.69, 9.17) is 0 Å². The Balaban J connectivity index is 2.53. The second kappa shape index (κ2) is 3.56. The topological polar surface area (TPSA) is 95.9 Å². The van der Waals surface area contributed by atoms with Crippen LogP contribution in [0.5, 0.6) is 0 Å². The van der Waals surface area contributed by atoms with Crippen molar-refractivity contribution in [2.45, 2.75) is 0 Å². The van der Waals surface area contributed by atoms with Crippen molar-refractivity contribution >= 4 is 27.5 Å². The van der Waals surface area contributed by atoms with Gasteiger partial charge in [0.2, 0.25) is 0 Å². The number of nitrogens with one attached hydrogen (secondary N) is 1. The van der Waals surface area contributed by atoms with Gasteiger partial charge in [-0.1, -0.05) is 12.1 Å². The minimum atomic E-state index is -3.89. The number of carbonyl (C=O) groups excluding carboxylic acids is 1. The van der Waals surface area contributed by atoms with Crippen molar-refractivity contribution in [1.82, 2.24) is 4.72 Å². The van der Waals surface area contributed by atoms with Crippen molar-refractivity contribution in [2.75, 3.05) is 10.8 Å². The summed E-state index contributed by atoms with van der Waals surface area (Å²) in [5.41, 5.74) is 0.0680. The zero-order chi connectivity index (χ0) is 11.8. The van der Waals surface area contributed by atoms with Gasteiger partial charge in [-0.15, -0.1) is 4.91 Å². The van der Waals surface area contributed by atoms with Gasteiger partial charge in [0.05, 0.1) is 5.69 Å². The summed E-state index contributed by atoms with van der Waals surface area (Å²) in [5.74, 6) is -0.638. The molecule has 1 amide bonds. The number of hydrogen-bond acceptors (Lipinski definition) is 5. The van der Waals surface area contributed by atoms with E-state index in [1.54, 1.807) is 12.1 Å². The number of rotatable bonds is 2. The van der Waals surface area contributed by atoms with E-state index in [0.717, 1.165) is 4.31 Å². The van der Waals surface area contributed by atoms with Gasteiger partial charge in [0, 0.05) is 0 Å². The van der Waals surface area contributed by atoms with Gasteiger partial charge in [-0.05, 0) is 17.3 Å². The Kier molecular flexibility index (Phi) is 2.35. The van der Waals surface area contributed by atoms with Gasteiger partial charge in [0.15, 0.2) is 0 Å². The van der Waals surface area contributed by atoms with Crippen LogP contribution in [0.2, 0.25) is 0 Å². The zero-order valence-electron chi connectivity index (χ0n) is 7.95. The van der Waals surface area contributed by atoms with Gasteiger partial charge >= 0.3 is 10.2 Å². The Labute approximate surface area is 91.2 Å². The molecule has 1 aromatic carbocycles. The van der Waals surface area contributed by atoms with Crippen LogP contribution in [0.25, 0.3) is 0 Å². The summed E-state index contributed by atoms with van der Waals surface area (Å²) in [6.45, 7) is -0.338. The highest BCUT2D eigenvalue weighted by atomic mass is 32.2. The molecule has 7 nitrogen and oxygen atoms in total. The number of amides is 1. The number of carbonyl (C=O) groups is 1. The third kappa shape index (κ3) is 1.63. The molecule has 1 aliphatic heterocycles. The molecular weight excluding hydrogens is 234 g/mol. The van der Waals surface area contributed by atoms with Crippen LogP contribution < -0.4 is 9.03 Å². The lowest BCUT2D eigenvalue weighted by Gasteiger charge is -2.15. The molecule has 1 fully saturated rings. The molecule has 84 valence electrons. The Morgan fingerprint density at radius 3 is 2.56 bits per heavy atom. The molecule has 8 heteroatoms. The minimum Gasteiger partial charge on any atom is -0.272 e.